The number of hydrogen-bond donors (Lipinski definition) is 0. The van der Waals surface area contributed by atoms with Gasteiger partial charge in [0.2, 0.25) is 0 Å². The van der Waals surface area contributed by atoms with Gasteiger partial charge in [0.25, 0.3) is 0 Å². The summed E-state index contributed by atoms with van der Waals surface area (Å²) in [6, 6.07) is 128. The zero-order valence-electron chi connectivity index (χ0n) is 55.1. The summed E-state index contributed by atoms with van der Waals surface area (Å²) < 4.78 is 14.7. The average Bonchev–Trinajstić information content (AvgIpc) is 1.56. The molecule has 0 atom stereocenters. The van der Waals surface area contributed by atoms with Crippen molar-refractivity contribution in [2.45, 2.75) is 0 Å². The van der Waals surface area contributed by atoms with Crippen molar-refractivity contribution in [2.75, 3.05) is 0 Å². The van der Waals surface area contributed by atoms with Crippen LogP contribution in [0.4, 0.5) is 0 Å². The molecule has 0 N–H and O–H groups in total. The Morgan fingerprint density at radius 1 is 0.157 bits per heavy atom. The van der Waals surface area contributed by atoms with E-state index in [1.165, 1.54) is 97.7 Å². The molecule has 0 fully saturated rings. The third-order valence-corrected chi connectivity index (χ3v) is 21.4. The smallest absolute Gasteiger partial charge is 0.160 e. The molecule has 8 heteroatoms. The summed E-state index contributed by atoms with van der Waals surface area (Å²) in [5.41, 5.74) is 24.9. The van der Waals surface area contributed by atoms with E-state index in [-0.39, 0.29) is 0 Å². The maximum atomic E-state index is 5.57. The second-order valence-corrected chi connectivity index (χ2v) is 26.8. The molecule has 474 valence electrons. The SMILES string of the molecule is c1ccc(-n2c3ccccc3c3ccc4c5ccccc5n(-c5ccc(-c6cc(-c7ccc(-n8c9ccccc9c9ccc%10c%11ccccc%11n(-c%11ccccc%11)c%10c98)cc7)nc(-c7ccc(-n8c9ccccc9c9ccc%10c%11ccccc%11n(-c%11ccccc%11)c%10c98)cc7)n6)cc5)c4c32)cc1. The molecule has 0 bridgehead atoms. The van der Waals surface area contributed by atoms with Crippen molar-refractivity contribution in [2.24, 2.45) is 0 Å². The lowest BCUT2D eigenvalue weighted by atomic mass is 10.1. The van der Waals surface area contributed by atoms with Crippen molar-refractivity contribution < 1.29 is 0 Å². The van der Waals surface area contributed by atoms with E-state index in [0.717, 1.165) is 95.3 Å². The van der Waals surface area contributed by atoms with Gasteiger partial charge in [-0.25, -0.2) is 9.97 Å². The normalized spacial score (nSPS) is 12.1. The molecular weight excluding hydrogens is 1240 g/mol. The van der Waals surface area contributed by atoms with Crippen molar-refractivity contribution in [3.8, 4) is 68.0 Å². The monoisotopic (exact) mass is 1300 g/mol. The summed E-state index contributed by atoms with van der Waals surface area (Å²) in [6.45, 7) is 0. The van der Waals surface area contributed by atoms with Crippen molar-refractivity contribution in [1.82, 2.24) is 37.4 Å². The second kappa shape index (κ2) is 21.8. The largest absolute Gasteiger partial charge is 0.307 e. The molecule has 0 aliphatic rings. The van der Waals surface area contributed by atoms with E-state index in [0.29, 0.717) is 5.82 Å². The highest BCUT2D eigenvalue weighted by Gasteiger charge is 2.26. The Hall–Kier alpha value is -13.8. The predicted molar refractivity (Wildman–Crippen MR) is 424 cm³/mol. The Morgan fingerprint density at radius 2 is 0.353 bits per heavy atom. The van der Waals surface area contributed by atoms with E-state index in [2.05, 4.69) is 379 Å². The number of aromatic nitrogens is 8. The van der Waals surface area contributed by atoms with Crippen LogP contribution in [0.25, 0.3) is 199 Å². The summed E-state index contributed by atoms with van der Waals surface area (Å²) in [7, 11) is 0. The lowest BCUT2D eigenvalue weighted by Gasteiger charge is -2.14. The summed E-state index contributed by atoms with van der Waals surface area (Å²) >= 11 is 0. The van der Waals surface area contributed by atoms with Gasteiger partial charge in [0.1, 0.15) is 0 Å². The van der Waals surface area contributed by atoms with E-state index in [1.807, 2.05) is 0 Å². The number of hydrogen-bond acceptors (Lipinski definition) is 2. The summed E-state index contributed by atoms with van der Waals surface area (Å²) in [6.07, 6.45) is 0. The first-order chi connectivity index (χ1) is 50.6. The molecule has 0 spiro atoms. The zero-order chi connectivity index (χ0) is 66.7. The van der Waals surface area contributed by atoms with Crippen LogP contribution in [-0.2, 0) is 0 Å². The number of fused-ring (bicyclic) bond motifs is 21. The Labute approximate surface area is 584 Å². The maximum Gasteiger partial charge on any atom is 0.160 e. The number of rotatable bonds is 9. The van der Waals surface area contributed by atoms with Gasteiger partial charge in [-0.2, -0.15) is 0 Å². The van der Waals surface area contributed by atoms with Crippen LogP contribution < -0.4 is 0 Å². The lowest BCUT2D eigenvalue weighted by Crippen LogP contribution is -2.00. The fourth-order valence-electron chi connectivity index (χ4n) is 17.0. The van der Waals surface area contributed by atoms with E-state index in [4.69, 9.17) is 9.97 Å². The number of benzene rings is 15. The highest BCUT2D eigenvalue weighted by molar-refractivity contribution is 6.27. The van der Waals surface area contributed by atoms with Crippen LogP contribution in [0.3, 0.4) is 0 Å². The molecule has 0 saturated heterocycles. The molecule has 22 aromatic rings. The van der Waals surface area contributed by atoms with E-state index < -0.39 is 0 Å². The van der Waals surface area contributed by atoms with Gasteiger partial charge in [0.05, 0.1) is 77.6 Å². The molecular formula is C94H58N8. The molecule has 0 unspecified atom stereocenters. The van der Waals surface area contributed by atoms with Crippen molar-refractivity contribution in [1.29, 1.82) is 0 Å². The molecule has 7 aromatic heterocycles. The third-order valence-electron chi connectivity index (χ3n) is 21.4. The number of para-hydroxylation sites is 9. The molecule has 0 amide bonds. The van der Waals surface area contributed by atoms with Crippen LogP contribution in [0.15, 0.2) is 352 Å². The molecule has 22 rings (SSSR count). The van der Waals surface area contributed by atoms with Crippen molar-refractivity contribution in [3.05, 3.63) is 352 Å². The van der Waals surface area contributed by atoms with Crippen LogP contribution in [0.1, 0.15) is 0 Å². The first-order valence-corrected chi connectivity index (χ1v) is 34.9. The molecule has 7 heterocycles. The predicted octanol–water partition coefficient (Wildman–Crippen LogP) is 24.1. The quantitative estimate of drug-likeness (QED) is 0.145. The highest BCUT2D eigenvalue weighted by Crippen LogP contribution is 2.47. The Morgan fingerprint density at radius 3 is 0.588 bits per heavy atom. The topological polar surface area (TPSA) is 55.4 Å². The molecule has 102 heavy (non-hydrogen) atoms. The minimum Gasteiger partial charge on any atom is -0.307 e. The molecule has 0 aliphatic heterocycles. The first-order valence-electron chi connectivity index (χ1n) is 34.9. The van der Waals surface area contributed by atoms with Gasteiger partial charge in [0, 0.05) is 115 Å². The second-order valence-electron chi connectivity index (χ2n) is 26.8. The fraction of sp³-hybridized carbons (Fsp3) is 0. The molecule has 0 radical (unpaired) electrons. The minimum absolute atomic E-state index is 0.632. The van der Waals surface area contributed by atoms with Gasteiger partial charge in [-0.1, -0.05) is 224 Å². The molecule has 0 saturated carbocycles. The van der Waals surface area contributed by atoms with Crippen LogP contribution in [0.5, 0.6) is 0 Å². The van der Waals surface area contributed by atoms with Gasteiger partial charge < -0.3 is 27.4 Å². The molecule has 15 aromatic carbocycles. The van der Waals surface area contributed by atoms with Gasteiger partial charge in [-0.15, -0.1) is 0 Å². The van der Waals surface area contributed by atoms with Gasteiger partial charge in [0.15, 0.2) is 5.82 Å². The van der Waals surface area contributed by atoms with Crippen molar-refractivity contribution in [3.63, 3.8) is 0 Å². The zero-order valence-corrected chi connectivity index (χ0v) is 55.1. The van der Waals surface area contributed by atoms with Crippen LogP contribution >= 0.6 is 0 Å². The third kappa shape index (κ3) is 8.14. The summed E-state index contributed by atoms with van der Waals surface area (Å²) in [5, 5.41) is 14.5. The minimum atomic E-state index is 0.632. The Bertz CT molecular complexity index is 6490. The molecule has 0 aliphatic carbocycles. The average molecular weight is 1300 g/mol. The Kier molecular flexibility index (Phi) is 12.0. The fourth-order valence-corrected chi connectivity index (χ4v) is 17.0. The highest BCUT2D eigenvalue weighted by atomic mass is 15.1. The van der Waals surface area contributed by atoms with Gasteiger partial charge in [-0.05, 0) is 127 Å². The first kappa shape index (κ1) is 56.2. The van der Waals surface area contributed by atoms with Gasteiger partial charge >= 0.3 is 0 Å². The van der Waals surface area contributed by atoms with Crippen molar-refractivity contribution >= 4 is 131 Å². The summed E-state index contributed by atoms with van der Waals surface area (Å²) in [4.78, 5) is 11.1. The summed E-state index contributed by atoms with van der Waals surface area (Å²) in [5.74, 6) is 0.632. The van der Waals surface area contributed by atoms with Gasteiger partial charge in [-0.3, -0.25) is 0 Å². The lowest BCUT2D eigenvalue weighted by molar-refractivity contribution is 1.14. The Balaban J connectivity index is 0.728. The van der Waals surface area contributed by atoms with Crippen LogP contribution in [0.2, 0.25) is 0 Å². The number of nitrogens with zero attached hydrogens (tertiary/aromatic N) is 8. The standard InChI is InChI=1S/C94H58N8/c1-4-22-62(23-5-1)97-82-34-16-10-28-68(82)74-52-55-77-71-31-13-19-37-85(71)100(91(77)88(74)97)65-46-40-59(41-47-65)80-58-81(60-42-48-66(49-43-60)101-86-38-20-14-32-72(86)78-56-53-75-69-29-11-17-35-83(69)98(89(75)92(78)101)63-24-6-2-7-25-63)96-94(95-80)61-44-50-67(51-45-61)102-87-39-21-15-33-73(87)79-57-54-76-70-30-12-18-36-84(70)99(90(76)93(79)102)64-26-8-3-9-27-64/h1-58H. The van der Waals surface area contributed by atoms with E-state index in [9.17, 15) is 0 Å². The molecule has 8 nitrogen and oxygen atoms in total. The van der Waals surface area contributed by atoms with Crippen LogP contribution in [-0.4, -0.2) is 37.4 Å². The maximum absolute atomic E-state index is 5.57. The van der Waals surface area contributed by atoms with E-state index in [1.54, 1.807) is 0 Å². The van der Waals surface area contributed by atoms with Crippen LogP contribution in [0, 0.1) is 0 Å². The van der Waals surface area contributed by atoms with E-state index >= 15 is 0 Å².